The van der Waals surface area contributed by atoms with Gasteiger partial charge < -0.3 is 4.84 Å². The van der Waals surface area contributed by atoms with E-state index in [1.807, 2.05) is 0 Å². The zero-order valence-electron chi connectivity index (χ0n) is 4.78. The van der Waals surface area contributed by atoms with Crippen molar-refractivity contribution in [2.24, 2.45) is 5.90 Å². The van der Waals surface area contributed by atoms with E-state index in [4.69, 9.17) is 5.26 Å². The van der Waals surface area contributed by atoms with Crippen LogP contribution in [0.4, 0.5) is 0 Å². The lowest BCUT2D eigenvalue weighted by Gasteiger charge is -1.98. The van der Waals surface area contributed by atoms with Crippen molar-refractivity contribution in [1.82, 2.24) is 0 Å². The minimum absolute atomic E-state index is 0.194. The third-order valence-corrected chi connectivity index (χ3v) is 0.469. The van der Waals surface area contributed by atoms with Crippen LogP contribution in [-0.2, 0) is 19.5 Å². The first kappa shape index (κ1) is 8.76. The summed E-state index contributed by atoms with van der Waals surface area (Å²) in [6, 6.07) is 0. The fourth-order valence-corrected chi connectivity index (χ4v) is 0.197. The predicted octanol–water partition coefficient (Wildman–Crippen LogP) is -0.728. The summed E-state index contributed by atoms with van der Waals surface area (Å²) in [4.78, 5) is 16.1. The predicted molar refractivity (Wildman–Crippen MR) is 25.8 cm³/mol. The van der Waals surface area contributed by atoms with E-state index in [2.05, 4.69) is 25.4 Å². The van der Waals surface area contributed by atoms with Crippen molar-refractivity contribution >= 4 is 0 Å². The lowest BCUT2D eigenvalue weighted by molar-refractivity contribution is -0.403. The smallest absolute Gasteiger partial charge is 0.214 e. The Labute approximate surface area is 51.9 Å². The van der Waals surface area contributed by atoms with Crippen molar-refractivity contribution in [3.63, 3.8) is 0 Å². The van der Waals surface area contributed by atoms with Crippen LogP contribution in [0.2, 0.25) is 0 Å². The minimum atomic E-state index is -0.329. The molecule has 56 valence electrons. The highest BCUT2D eigenvalue weighted by atomic mass is 17.3. The van der Waals surface area contributed by atoms with Gasteiger partial charge in [0.15, 0.2) is 0 Å². The summed E-state index contributed by atoms with van der Waals surface area (Å²) < 4.78 is 0. The highest BCUT2D eigenvalue weighted by Gasteiger charge is 1.86. The van der Waals surface area contributed by atoms with E-state index in [1.165, 1.54) is 0 Å². The molecule has 0 saturated carbocycles. The number of nitrogens with two attached hydrogens (primary N) is 1. The summed E-state index contributed by atoms with van der Waals surface area (Å²) >= 11 is 0. The third kappa shape index (κ3) is 7.76. The van der Waals surface area contributed by atoms with Crippen molar-refractivity contribution in [1.29, 1.82) is 0 Å². The molecule has 0 aromatic carbocycles. The van der Waals surface area contributed by atoms with E-state index < -0.39 is 0 Å². The Bertz CT molecular complexity index is 45.5. The van der Waals surface area contributed by atoms with Gasteiger partial charge in [0.2, 0.25) is 6.79 Å². The van der Waals surface area contributed by atoms with Crippen molar-refractivity contribution in [2.45, 2.75) is 0 Å². The molecule has 0 spiro atoms. The maximum atomic E-state index is 7.66. The van der Waals surface area contributed by atoms with E-state index in [9.17, 15) is 0 Å². The molecule has 0 bridgehead atoms. The number of hydrogen-bond acceptors (Lipinski definition) is 6. The Kier molecular flexibility index (Phi) is 7.55. The Morgan fingerprint density at radius 1 is 1.22 bits per heavy atom. The second-order valence-corrected chi connectivity index (χ2v) is 1.06. The molecule has 6 nitrogen and oxygen atoms in total. The van der Waals surface area contributed by atoms with Gasteiger partial charge in [0.25, 0.3) is 0 Å². The zero-order valence-corrected chi connectivity index (χ0v) is 4.78. The van der Waals surface area contributed by atoms with Crippen LogP contribution in [0.25, 0.3) is 0 Å². The summed E-state index contributed by atoms with van der Waals surface area (Å²) in [5.41, 5.74) is 0. The first-order chi connectivity index (χ1) is 4.41. The van der Waals surface area contributed by atoms with Gasteiger partial charge in [0.05, 0.1) is 6.61 Å². The van der Waals surface area contributed by atoms with Crippen LogP contribution in [0.5, 0.6) is 0 Å². The van der Waals surface area contributed by atoms with E-state index in [0.29, 0.717) is 0 Å². The molecule has 0 radical (unpaired) electrons. The maximum Gasteiger partial charge on any atom is 0.214 e. The van der Waals surface area contributed by atoms with Gasteiger partial charge in [-0.15, -0.1) is 0 Å². The molecule has 0 aliphatic rings. The molecule has 9 heavy (non-hydrogen) atoms. The number of hydrogen-bond donors (Lipinski definition) is 2. The van der Waals surface area contributed by atoms with Crippen LogP contribution in [0, 0.1) is 0 Å². The SMILES string of the molecule is NOCCOOCOO. The molecule has 0 aromatic heterocycles. The van der Waals surface area contributed by atoms with Gasteiger partial charge in [0, 0.05) is 0 Å². The van der Waals surface area contributed by atoms with Gasteiger partial charge in [0.1, 0.15) is 6.61 Å². The molecule has 0 saturated heterocycles. The van der Waals surface area contributed by atoms with Crippen LogP contribution in [0.1, 0.15) is 0 Å². The highest BCUT2D eigenvalue weighted by Crippen LogP contribution is 1.77. The Morgan fingerprint density at radius 3 is 2.56 bits per heavy atom. The quantitative estimate of drug-likeness (QED) is 0.218. The fraction of sp³-hybridized carbons (Fsp3) is 1.00. The van der Waals surface area contributed by atoms with Crippen molar-refractivity contribution in [3.05, 3.63) is 0 Å². The monoisotopic (exact) mass is 139 g/mol. The molecule has 0 heterocycles. The molecule has 0 amide bonds. The minimum Gasteiger partial charge on any atom is -0.302 e. The van der Waals surface area contributed by atoms with Crippen molar-refractivity contribution < 1.29 is 24.8 Å². The van der Waals surface area contributed by atoms with Gasteiger partial charge >= 0.3 is 0 Å². The second kappa shape index (κ2) is 7.76. The molecule has 0 aromatic rings. The molecule has 0 rings (SSSR count). The normalized spacial score (nSPS) is 10.0. The lowest BCUT2D eigenvalue weighted by atomic mass is 10.8. The number of rotatable bonds is 6. The maximum absolute atomic E-state index is 7.66. The van der Waals surface area contributed by atoms with Crippen LogP contribution in [0.15, 0.2) is 0 Å². The lowest BCUT2D eigenvalue weighted by Crippen LogP contribution is -2.09. The molecule has 0 aliphatic carbocycles. The Morgan fingerprint density at radius 2 is 2.00 bits per heavy atom. The Hall–Kier alpha value is -0.240. The van der Waals surface area contributed by atoms with E-state index >= 15 is 0 Å². The van der Waals surface area contributed by atoms with Gasteiger partial charge in [-0.3, -0.25) is 0 Å². The molecular weight excluding hydrogens is 130 g/mol. The molecule has 3 N–H and O–H groups in total. The summed E-state index contributed by atoms with van der Waals surface area (Å²) in [6.45, 7) is 0.0931. The zero-order chi connectivity index (χ0) is 6.95. The van der Waals surface area contributed by atoms with Gasteiger partial charge in [-0.25, -0.2) is 25.8 Å². The topological polar surface area (TPSA) is 83.2 Å². The molecule has 0 fully saturated rings. The van der Waals surface area contributed by atoms with Crippen LogP contribution >= 0.6 is 0 Å². The Balaban J connectivity index is 2.60. The fourth-order valence-electron chi connectivity index (χ4n) is 0.197. The summed E-state index contributed by atoms with van der Waals surface area (Å²) in [7, 11) is 0. The first-order valence-corrected chi connectivity index (χ1v) is 2.24. The highest BCUT2D eigenvalue weighted by molar-refractivity contribution is 4.15. The summed E-state index contributed by atoms with van der Waals surface area (Å²) in [6.07, 6.45) is 0. The van der Waals surface area contributed by atoms with Gasteiger partial charge in [-0.05, 0) is 0 Å². The van der Waals surface area contributed by atoms with Crippen LogP contribution in [0.3, 0.4) is 0 Å². The van der Waals surface area contributed by atoms with Gasteiger partial charge in [-0.2, -0.15) is 0 Å². The second-order valence-electron chi connectivity index (χ2n) is 1.06. The molecule has 0 aliphatic heterocycles. The van der Waals surface area contributed by atoms with Crippen molar-refractivity contribution in [2.75, 3.05) is 20.0 Å². The average Bonchev–Trinajstić information content (AvgIpc) is 1.89. The standard InChI is InChI=1S/C3H9NO5/c4-6-1-2-8-9-3-7-5/h5H,1-4H2. The molecular formula is C3H9NO5. The van der Waals surface area contributed by atoms with Crippen molar-refractivity contribution in [3.8, 4) is 0 Å². The van der Waals surface area contributed by atoms with Crippen LogP contribution < -0.4 is 5.90 Å². The molecule has 0 atom stereocenters. The van der Waals surface area contributed by atoms with E-state index in [0.717, 1.165) is 0 Å². The van der Waals surface area contributed by atoms with E-state index in [1.54, 1.807) is 0 Å². The first-order valence-electron chi connectivity index (χ1n) is 2.24. The summed E-state index contributed by atoms with van der Waals surface area (Å²) in [5, 5.41) is 7.66. The van der Waals surface area contributed by atoms with Gasteiger partial charge in [-0.1, -0.05) is 0 Å². The summed E-state index contributed by atoms with van der Waals surface area (Å²) in [5.74, 6) is 4.63. The van der Waals surface area contributed by atoms with Crippen LogP contribution in [-0.4, -0.2) is 25.3 Å². The molecule has 0 unspecified atom stereocenters. The third-order valence-electron chi connectivity index (χ3n) is 0.469. The molecule has 6 heteroatoms. The largest absolute Gasteiger partial charge is 0.302 e. The van der Waals surface area contributed by atoms with E-state index in [-0.39, 0.29) is 20.0 Å². The average molecular weight is 139 g/mol.